The van der Waals surface area contributed by atoms with E-state index in [1.165, 1.54) is 0 Å². The van der Waals surface area contributed by atoms with Crippen molar-refractivity contribution in [3.8, 4) is 0 Å². The van der Waals surface area contributed by atoms with Crippen LogP contribution in [0, 0.1) is 5.92 Å². The summed E-state index contributed by atoms with van der Waals surface area (Å²) in [5, 5.41) is 11.6. The quantitative estimate of drug-likeness (QED) is 0.667. The third-order valence-corrected chi connectivity index (χ3v) is 3.26. The predicted molar refractivity (Wildman–Crippen MR) is 64.4 cm³/mol. The van der Waals surface area contributed by atoms with Crippen molar-refractivity contribution in [2.24, 2.45) is 11.7 Å². The normalized spacial score (nSPS) is 20.2. The van der Waals surface area contributed by atoms with Gasteiger partial charge in [0, 0.05) is 0 Å². The number of carboxylic acid groups (broad SMARTS) is 1. The predicted octanol–water partition coefficient (Wildman–Crippen LogP) is 0.873. The van der Waals surface area contributed by atoms with E-state index in [9.17, 15) is 9.59 Å². The van der Waals surface area contributed by atoms with E-state index in [0.717, 1.165) is 12.8 Å². The van der Waals surface area contributed by atoms with E-state index in [1.54, 1.807) is 0 Å². The Bertz CT molecular complexity index is 296. The molecule has 0 aromatic carbocycles. The molecule has 98 valence electrons. The Morgan fingerprint density at radius 2 is 1.88 bits per heavy atom. The van der Waals surface area contributed by atoms with Crippen molar-refractivity contribution in [3.63, 3.8) is 0 Å². The second-order valence-electron chi connectivity index (χ2n) is 5.36. The van der Waals surface area contributed by atoms with E-state index in [2.05, 4.69) is 5.32 Å². The molecule has 1 amide bonds. The summed E-state index contributed by atoms with van der Waals surface area (Å²) in [7, 11) is 0. The molecular formula is C12H22N2O3. The summed E-state index contributed by atoms with van der Waals surface area (Å²) >= 11 is 0. The number of nitrogens with one attached hydrogen (secondary N) is 1. The maximum atomic E-state index is 12.0. The number of aliphatic carboxylic acids is 1. The van der Waals surface area contributed by atoms with Gasteiger partial charge in [-0.2, -0.15) is 0 Å². The largest absolute Gasteiger partial charge is 0.480 e. The van der Waals surface area contributed by atoms with E-state index >= 15 is 0 Å². The van der Waals surface area contributed by atoms with Crippen molar-refractivity contribution in [2.75, 3.05) is 0 Å². The van der Waals surface area contributed by atoms with Crippen LogP contribution in [0.2, 0.25) is 0 Å². The molecule has 5 nitrogen and oxygen atoms in total. The standard InChI is InChI=1S/C12H22N2O3/c1-8(2)7-9(10(15)16)14-11(17)12(13)5-3-4-6-12/h8-9H,3-7,13H2,1-2H3,(H,14,17)(H,15,16)/t9-/m1/s1. The zero-order valence-corrected chi connectivity index (χ0v) is 10.5. The van der Waals surface area contributed by atoms with Crippen LogP contribution in [0.15, 0.2) is 0 Å². The molecule has 0 aromatic heterocycles. The molecular weight excluding hydrogens is 220 g/mol. The molecule has 1 atom stereocenters. The van der Waals surface area contributed by atoms with E-state index in [4.69, 9.17) is 10.8 Å². The van der Waals surface area contributed by atoms with Gasteiger partial charge in [-0.15, -0.1) is 0 Å². The topological polar surface area (TPSA) is 92.4 Å². The molecule has 0 radical (unpaired) electrons. The third kappa shape index (κ3) is 3.70. The number of rotatable bonds is 5. The molecule has 0 heterocycles. The Kier molecular flexibility index (Phi) is 4.51. The highest BCUT2D eigenvalue weighted by Gasteiger charge is 2.38. The Balaban J connectivity index is 2.60. The number of hydrogen-bond acceptors (Lipinski definition) is 3. The summed E-state index contributed by atoms with van der Waals surface area (Å²) in [4.78, 5) is 23.0. The Morgan fingerprint density at radius 3 is 2.29 bits per heavy atom. The number of nitrogens with two attached hydrogens (primary N) is 1. The van der Waals surface area contributed by atoms with Gasteiger partial charge in [0.15, 0.2) is 0 Å². The highest BCUT2D eigenvalue weighted by molar-refractivity contribution is 5.90. The second-order valence-corrected chi connectivity index (χ2v) is 5.36. The fourth-order valence-electron chi connectivity index (χ4n) is 2.23. The van der Waals surface area contributed by atoms with Crippen LogP contribution in [-0.4, -0.2) is 28.6 Å². The van der Waals surface area contributed by atoms with E-state index in [0.29, 0.717) is 19.3 Å². The van der Waals surface area contributed by atoms with Gasteiger partial charge in [0.05, 0.1) is 5.54 Å². The third-order valence-electron chi connectivity index (χ3n) is 3.26. The van der Waals surface area contributed by atoms with Crippen molar-refractivity contribution in [1.29, 1.82) is 0 Å². The first kappa shape index (κ1) is 14.0. The molecule has 0 bridgehead atoms. The molecule has 4 N–H and O–H groups in total. The smallest absolute Gasteiger partial charge is 0.326 e. The molecule has 0 aromatic rings. The first-order valence-corrected chi connectivity index (χ1v) is 6.18. The van der Waals surface area contributed by atoms with Gasteiger partial charge >= 0.3 is 5.97 Å². The average Bonchev–Trinajstić information content (AvgIpc) is 2.64. The van der Waals surface area contributed by atoms with Gasteiger partial charge < -0.3 is 16.2 Å². The maximum Gasteiger partial charge on any atom is 0.326 e. The minimum absolute atomic E-state index is 0.216. The summed E-state index contributed by atoms with van der Waals surface area (Å²) in [6, 6.07) is -0.830. The van der Waals surface area contributed by atoms with Crippen LogP contribution in [0.1, 0.15) is 46.0 Å². The van der Waals surface area contributed by atoms with Crippen LogP contribution in [0.3, 0.4) is 0 Å². The number of carbonyl (C=O) groups excluding carboxylic acids is 1. The van der Waals surface area contributed by atoms with Crippen LogP contribution in [-0.2, 0) is 9.59 Å². The minimum Gasteiger partial charge on any atom is -0.480 e. The highest BCUT2D eigenvalue weighted by atomic mass is 16.4. The van der Waals surface area contributed by atoms with Crippen LogP contribution in [0.25, 0.3) is 0 Å². The van der Waals surface area contributed by atoms with Gasteiger partial charge in [-0.3, -0.25) is 4.79 Å². The highest BCUT2D eigenvalue weighted by Crippen LogP contribution is 2.27. The zero-order valence-electron chi connectivity index (χ0n) is 10.5. The lowest BCUT2D eigenvalue weighted by molar-refractivity contribution is -0.143. The molecule has 1 fully saturated rings. The number of carboxylic acids is 1. The molecule has 0 unspecified atom stereocenters. The Morgan fingerprint density at radius 1 is 1.35 bits per heavy atom. The molecule has 0 spiro atoms. The first-order chi connectivity index (χ1) is 7.85. The number of hydrogen-bond donors (Lipinski definition) is 3. The summed E-state index contributed by atoms with van der Waals surface area (Å²) in [6.45, 7) is 3.85. The fraction of sp³-hybridized carbons (Fsp3) is 0.833. The van der Waals surface area contributed by atoms with E-state index in [1.807, 2.05) is 13.8 Å². The maximum absolute atomic E-state index is 12.0. The lowest BCUT2D eigenvalue weighted by Crippen LogP contribution is -2.56. The summed E-state index contributed by atoms with van der Waals surface area (Å²) < 4.78 is 0. The van der Waals surface area contributed by atoms with Gasteiger partial charge in [0.1, 0.15) is 6.04 Å². The van der Waals surface area contributed by atoms with Crippen LogP contribution >= 0.6 is 0 Å². The van der Waals surface area contributed by atoms with Crippen molar-refractivity contribution in [1.82, 2.24) is 5.32 Å². The molecule has 1 aliphatic rings. The van der Waals surface area contributed by atoms with E-state index < -0.39 is 17.6 Å². The monoisotopic (exact) mass is 242 g/mol. The van der Waals surface area contributed by atoms with Crippen LogP contribution < -0.4 is 11.1 Å². The number of amides is 1. The van der Waals surface area contributed by atoms with Crippen molar-refractivity contribution < 1.29 is 14.7 Å². The number of carbonyl (C=O) groups is 2. The first-order valence-electron chi connectivity index (χ1n) is 6.18. The second kappa shape index (κ2) is 5.49. The van der Waals surface area contributed by atoms with Gasteiger partial charge in [0.25, 0.3) is 0 Å². The summed E-state index contributed by atoms with van der Waals surface area (Å²) in [5.74, 6) is -1.09. The molecule has 0 saturated heterocycles. The van der Waals surface area contributed by atoms with Gasteiger partial charge in [-0.05, 0) is 25.2 Å². The lowest BCUT2D eigenvalue weighted by atomic mass is 9.96. The van der Waals surface area contributed by atoms with E-state index in [-0.39, 0.29) is 11.8 Å². The molecule has 1 rings (SSSR count). The summed E-state index contributed by atoms with van der Waals surface area (Å²) in [6.07, 6.45) is 3.59. The van der Waals surface area contributed by atoms with Crippen LogP contribution in [0.4, 0.5) is 0 Å². The molecule has 0 aliphatic heterocycles. The zero-order chi connectivity index (χ0) is 13.1. The SMILES string of the molecule is CC(C)C[C@@H](NC(=O)C1(N)CCCC1)C(=O)O. The van der Waals surface area contributed by atoms with Gasteiger partial charge in [0.2, 0.25) is 5.91 Å². The minimum atomic E-state index is -0.992. The molecule has 17 heavy (non-hydrogen) atoms. The molecule has 1 aliphatic carbocycles. The van der Waals surface area contributed by atoms with Crippen molar-refractivity contribution >= 4 is 11.9 Å². The van der Waals surface area contributed by atoms with Gasteiger partial charge in [-0.1, -0.05) is 26.7 Å². The van der Waals surface area contributed by atoms with Crippen molar-refractivity contribution in [3.05, 3.63) is 0 Å². The van der Waals surface area contributed by atoms with Crippen molar-refractivity contribution in [2.45, 2.75) is 57.5 Å². The molecule has 5 heteroatoms. The van der Waals surface area contributed by atoms with Crippen LogP contribution in [0.5, 0.6) is 0 Å². The summed E-state index contributed by atoms with van der Waals surface area (Å²) in [5.41, 5.74) is 5.12. The Hall–Kier alpha value is -1.10. The Labute approximate surface area is 102 Å². The lowest BCUT2D eigenvalue weighted by Gasteiger charge is -2.25. The van der Waals surface area contributed by atoms with Gasteiger partial charge in [-0.25, -0.2) is 4.79 Å². The molecule has 1 saturated carbocycles. The average molecular weight is 242 g/mol. The fourth-order valence-corrected chi connectivity index (χ4v) is 2.23.